The average molecular weight is 228 g/mol. The summed E-state index contributed by atoms with van der Waals surface area (Å²) < 4.78 is 4.73. The molecule has 0 aliphatic heterocycles. The lowest BCUT2D eigenvalue weighted by Gasteiger charge is -1.90. The second-order valence-electron chi connectivity index (χ2n) is 1.37. The minimum absolute atomic E-state index is 0.518. The fourth-order valence-corrected chi connectivity index (χ4v) is 1.82. The van der Waals surface area contributed by atoms with Crippen molar-refractivity contribution in [3.8, 4) is 0 Å². The second kappa shape index (κ2) is 2.86. The molecule has 1 aromatic rings. The van der Waals surface area contributed by atoms with E-state index in [0.717, 1.165) is 9.47 Å². The lowest BCUT2D eigenvalue weighted by Crippen LogP contribution is -1.82. The van der Waals surface area contributed by atoms with Crippen LogP contribution in [-0.4, -0.2) is 11.4 Å². The zero-order chi connectivity index (χ0) is 6.85. The number of anilines is 1. The molecule has 0 spiro atoms. The van der Waals surface area contributed by atoms with Gasteiger partial charge in [0.1, 0.15) is 5.00 Å². The molecule has 1 N–H and O–H groups in total. The molecule has 0 fully saturated rings. The number of hydrogen-bond donors (Lipinski definition) is 1. The summed E-state index contributed by atoms with van der Waals surface area (Å²) >= 11 is 10.2. The summed E-state index contributed by atoms with van der Waals surface area (Å²) in [6.07, 6.45) is 0. The Morgan fingerprint density at radius 1 is 1.78 bits per heavy atom. The van der Waals surface area contributed by atoms with Crippen molar-refractivity contribution in [1.82, 2.24) is 4.37 Å². The number of halogens is 2. The first-order valence-electron chi connectivity index (χ1n) is 2.24. The van der Waals surface area contributed by atoms with Crippen LogP contribution in [0.5, 0.6) is 0 Å². The van der Waals surface area contributed by atoms with Gasteiger partial charge >= 0.3 is 0 Å². The van der Waals surface area contributed by atoms with Crippen LogP contribution in [0.15, 0.2) is 4.47 Å². The van der Waals surface area contributed by atoms with E-state index in [4.69, 9.17) is 11.6 Å². The fourth-order valence-electron chi connectivity index (χ4n) is 0.415. The van der Waals surface area contributed by atoms with Crippen molar-refractivity contribution in [3.63, 3.8) is 0 Å². The van der Waals surface area contributed by atoms with E-state index < -0.39 is 0 Å². The Balaban J connectivity index is 3.04. The topological polar surface area (TPSA) is 24.9 Å². The van der Waals surface area contributed by atoms with Gasteiger partial charge in [-0.15, -0.1) is 0 Å². The van der Waals surface area contributed by atoms with E-state index in [0.29, 0.717) is 5.15 Å². The summed E-state index contributed by atoms with van der Waals surface area (Å²) in [5.74, 6) is 0. The molecular weight excluding hydrogens is 223 g/mol. The summed E-state index contributed by atoms with van der Waals surface area (Å²) in [6, 6.07) is 0. The number of aromatic nitrogens is 1. The van der Waals surface area contributed by atoms with E-state index in [-0.39, 0.29) is 0 Å². The van der Waals surface area contributed by atoms with Crippen molar-refractivity contribution in [2.24, 2.45) is 0 Å². The molecule has 0 saturated heterocycles. The fraction of sp³-hybridized carbons (Fsp3) is 0.250. The molecule has 0 radical (unpaired) electrons. The van der Waals surface area contributed by atoms with Crippen LogP contribution < -0.4 is 5.32 Å². The van der Waals surface area contributed by atoms with Crippen LogP contribution >= 0.6 is 39.1 Å². The van der Waals surface area contributed by atoms with Gasteiger partial charge in [0.25, 0.3) is 0 Å². The maximum absolute atomic E-state index is 5.62. The molecule has 9 heavy (non-hydrogen) atoms. The molecule has 50 valence electrons. The maximum Gasteiger partial charge on any atom is 0.159 e. The SMILES string of the molecule is CNc1snc(Cl)c1Br. The molecule has 0 atom stereocenters. The minimum atomic E-state index is 0.518. The Hall–Kier alpha value is 0.200. The first-order valence-corrected chi connectivity index (χ1v) is 4.18. The second-order valence-corrected chi connectivity index (χ2v) is 3.29. The van der Waals surface area contributed by atoms with Crippen LogP contribution in [-0.2, 0) is 0 Å². The standard InChI is InChI=1S/C4H4BrClN2S/c1-7-4-2(5)3(6)8-9-4/h7H,1H3. The summed E-state index contributed by atoms with van der Waals surface area (Å²) in [6.45, 7) is 0. The van der Waals surface area contributed by atoms with E-state index in [1.807, 2.05) is 7.05 Å². The van der Waals surface area contributed by atoms with Crippen molar-refractivity contribution in [2.75, 3.05) is 12.4 Å². The third kappa shape index (κ3) is 1.36. The highest BCUT2D eigenvalue weighted by atomic mass is 79.9. The van der Waals surface area contributed by atoms with E-state index >= 15 is 0 Å². The van der Waals surface area contributed by atoms with Crippen LogP contribution in [0.25, 0.3) is 0 Å². The van der Waals surface area contributed by atoms with Crippen LogP contribution in [0.4, 0.5) is 5.00 Å². The first-order chi connectivity index (χ1) is 4.25. The van der Waals surface area contributed by atoms with E-state index in [9.17, 15) is 0 Å². The highest BCUT2D eigenvalue weighted by Gasteiger charge is 2.05. The highest BCUT2D eigenvalue weighted by Crippen LogP contribution is 2.32. The molecule has 0 amide bonds. The van der Waals surface area contributed by atoms with Gasteiger partial charge in [0, 0.05) is 7.05 Å². The normalized spacial score (nSPS) is 9.67. The molecule has 1 heterocycles. The highest BCUT2D eigenvalue weighted by molar-refractivity contribution is 9.10. The third-order valence-electron chi connectivity index (χ3n) is 0.825. The van der Waals surface area contributed by atoms with Crippen LogP contribution in [0, 0.1) is 0 Å². The predicted octanol–water partition coefficient (Wildman–Crippen LogP) is 2.60. The Bertz CT molecular complexity index is 212. The molecule has 1 aromatic heterocycles. The number of hydrogen-bond acceptors (Lipinski definition) is 3. The monoisotopic (exact) mass is 226 g/mol. The van der Waals surface area contributed by atoms with Crippen molar-refractivity contribution < 1.29 is 0 Å². The molecule has 1 rings (SSSR count). The third-order valence-corrected chi connectivity index (χ3v) is 3.33. The molecule has 0 unspecified atom stereocenters. The number of nitrogens with zero attached hydrogens (tertiary/aromatic N) is 1. The van der Waals surface area contributed by atoms with Gasteiger partial charge in [-0.1, -0.05) is 11.6 Å². The predicted molar refractivity (Wildman–Crippen MR) is 44.4 cm³/mol. The molecule has 0 bridgehead atoms. The van der Waals surface area contributed by atoms with Crippen LogP contribution in [0.2, 0.25) is 5.15 Å². The van der Waals surface area contributed by atoms with Gasteiger partial charge in [-0.3, -0.25) is 0 Å². The van der Waals surface area contributed by atoms with Crippen molar-refractivity contribution in [2.45, 2.75) is 0 Å². The van der Waals surface area contributed by atoms with Crippen molar-refractivity contribution in [3.05, 3.63) is 9.63 Å². The lowest BCUT2D eigenvalue weighted by atomic mass is 10.7. The van der Waals surface area contributed by atoms with E-state index in [2.05, 4.69) is 25.6 Å². The summed E-state index contributed by atoms with van der Waals surface area (Å²) in [7, 11) is 1.83. The van der Waals surface area contributed by atoms with Crippen molar-refractivity contribution in [1.29, 1.82) is 0 Å². The van der Waals surface area contributed by atoms with Crippen LogP contribution in [0.1, 0.15) is 0 Å². The van der Waals surface area contributed by atoms with Gasteiger partial charge in [0.15, 0.2) is 5.15 Å². The van der Waals surface area contributed by atoms with Crippen molar-refractivity contribution >= 4 is 44.1 Å². The zero-order valence-electron chi connectivity index (χ0n) is 4.61. The van der Waals surface area contributed by atoms with Gasteiger partial charge in [0.05, 0.1) is 4.47 Å². The first kappa shape index (κ1) is 7.31. The molecule has 0 aromatic carbocycles. The van der Waals surface area contributed by atoms with Gasteiger partial charge < -0.3 is 5.32 Å². The molecule has 5 heteroatoms. The summed E-state index contributed by atoms with van der Waals surface area (Å²) in [4.78, 5) is 0. The average Bonchev–Trinajstić information content (AvgIpc) is 2.15. The van der Waals surface area contributed by atoms with Gasteiger partial charge in [-0.2, -0.15) is 4.37 Å². The smallest absolute Gasteiger partial charge is 0.159 e. The molecule has 0 saturated carbocycles. The molecule has 0 aliphatic rings. The molecule has 2 nitrogen and oxygen atoms in total. The summed E-state index contributed by atoms with van der Waals surface area (Å²) in [5, 5.41) is 4.42. The van der Waals surface area contributed by atoms with Gasteiger partial charge in [-0.25, -0.2) is 0 Å². The van der Waals surface area contributed by atoms with Gasteiger partial charge in [-0.05, 0) is 27.5 Å². The zero-order valence-corrected chi connectivity index (χ0v) is 7.77. The van der Waals surface area contributed by atoms with Gasteiger partial charge in [0.2, 0.25) is 0 Å². The molecular formula is C4H4BrClN2S. The molecule has 0 aliphatic carbocycles. The Kier molecular flexibility index (Phi) is 2.32. The Labute approximate surface area is 70.5 Å². The largest absolute Gasteiger partial charge is 0.378 e. The minimum Gasteiger partial charge on any atom is -0.378 e. The maximum atomic E-state index is 5.62. The Morgan fingerprint density at radius 3 is 2.67 bits per heavy atom. The number of rotatable bonds is 1. The lowest BCUT2D eigenvalue weighted by molar-refractivity contribution is 1.53. The summed E-state index contributed by atoms with van der Waals surface area (Å²) in [5.41, 5.74) is 0. The quantitative estimate of drug-likeness (QED) is 0.798. The van der Waals surface area contributed by atoms with E-state index in [1.54, 1.807) is 0 Å². The van der Waals surface area contributed by atoms with E-state index in [1.165, 1.54) is 11.5 Å². The Morgan fingerprint density at radius 2 is 2.44 bits per heavy atom. The number of nitrogens with one attached hydrogen (secondary N) is 1. The van der Waals surface area contributed by atoms with Crippen LogP contribution in [0.3, 0.4) is 0 Å².